The van der Waals surface area contributed by atoms with Gasteiger partial charge in [0.1, 0.15) is 6.23 Å². The Hall–Kier alpha value is -0.373. The highest BCUT2D eigenvalue weighted by Crippen LogP contribution is 2.29. The monoisotopic (exact) mass is 335 g/mol. The van der Waals surface area contributed by atoms with Gasteiger partial charge in [0.05, 0.1) is 12.0 Å². The van der Waals surface area contributed by atoms with Crippen molar-refractivity contribution in [3.8, 4) is 0 Å². The summed E-state index contributed by atoms with van der Waals surface area (Å²) in [4.78, 5) is 0. The van der Waals surface area contributed by atoms with Gasteiger partial charge in [-0.2, -0.15) is 4.72 Å². The number of nitrogens with one attached hydrogen (secondary N) is 1. The number of hydrogen-bond acceptors (Lipinski definition) is 4. The van der Waals surface area contributed by atoms with Gasteiger partial charge in [-0.05, 0) is 13.0 Å². The zero-order chi connectivity index (χ0) is 16.5. The van der Waals surface area contributed by atoms with E-state index in [4.69, 9.17) is 9.47 Å². The number of hydrogen-bond donors (Lipinski definition) is 1. The molecule has 0 saturated heterocycles. The number of sulfonamides is 1. The molecule has 1 aliphatic rings. The van der Waals surface area contributed by atoms with E-state index in [1.54, 1.807) is 13.2 Å². The highest BCUT2D eigenvalue weighted by molar-refractivity contribution is 7.89. The standard InChI is InChI=1S/C14H29NO4SSi/c1-11-10-18-13(14(2,3)4)19-12(11)15-20(16,17)8-9-21(5,6)7/h10,12-13,15H,8-9H2,1-7H3/t12-,13+/m0/s1. The van der Waals surface area contributed by atoms with Crippen LogP contribution in [0.5, 0.6) is 0 Å². The van der Waals surface area contributed by atoms with E-state index in [1.807, 2.05) is 20.8 Å². The van der Waals surface area contributed by atoms with Crippen LogP contribution in [0.25, 0.3) is 0 Å². The molecule has 5 nitrogen and oxygen atoms in total. The van der Waals surface area contributed by atoms with E-state index in [-0.39, 0.29) is 11.2 Å². The maximum Gasteiger partial charge on any atom is 0.213 e. The van der Waals surface area contributed by atoms with Crippen LogP contribution in [-0.2, 0) is 19.5 Å². The molecule has 21 heavy (non-hydrogen) atoms. The molecule has 1 heterocycles. The molecule has 1 aliphatic heterocycles. The van der Waals surface area contributed by atoms with Crippen LogP contribution in [0.1, 0.15) is 27.7 Å². The van der Waals surface area contributed by atoms with E-state index in [9.17, 15) is 8.42 Å². The van der Waals surface area contributed by atoms with Gasteiger partial charge in [-0.25, -0.2) is 8.42 Å². The van der Waals surface area contributed by atoms with Gasteiger partial charge < -0.3 is 9.47 Å². The van der Waals surface area contributed by atoms with Crippen molar-refractivity contribution < 1.29 is 17.9 Å². The minimum absolute atomic E-state index is 0.150. The first-order valence-corrected chi connectivity index (χ1v) is 12.6. The fourth-order valence-corrected chi connectivity index (χ4v) is 5.90. The molecule has 0 fully saturated rings. The summed E-state index contributed by atoms with van der Waals surface area (Å²) in [6.45, 7) is 14.2. The second kappa shape index (κ2) is 6.40. The molecule has 1 N–H and O–H groups in total. The fraction of sp³-hybridized carbons (Fsp3) is 0.857. The van der Waals surface area contributed by atoms with Crippen molar-refractivity contribution in [2.45, 2.75) is 65.9 Å². The Kier molecular flexibility index (Phi) is 5.69. The lowest BCUT2D eigenvalue weighted by molar-refractivity contribution is -0.200. The van der Waals surface area contributed by atoms with E-state index < -0.39 is 30.6 Å². The van der Waals surface area contributed by atoms with Crippen molar-refractivity contribution in [1.29, 1.82) is 0 Å². The van der Waals surface area contributed by atoms with Gasteiger partial charge in [0, 0.05) is 19.1 Å². The summed E-state index contributed by atoms with van der Waals surface area (Å²) >= 11 is 0. The highest BCUT2D eigenvalue weighted by Gasteiger charge is 2.35. The van der Waals surface area contributed by atoms with Crippen LogP contribution in [0.15, 0.2) is 11.8 Å². The Morgan fingerprint density at radius 2 is 1.86 bits per heavy atom. The number of rotatable bonds is 5. The van der Waals surface area contributed by atoms with Gasteiger partial charge in [-0.3, -0.25) is 0 Å². The average molecular weight is 336 g/mol. The smallest absolute Gasteiger partial charge is 0.213 e. The molecule has 0 radical (unpaired) electrons. The van der Waals surface area contributed by atoms with Crippen molar-refractivity contribution in [3.05, 3.63) is 11.8 Å². The molecule has 0 aromatic carbocycles. The third-order valence-corrected chi connectivity index (χ3v) is 6.59. The first-order valence-electron chi connectivity index (χ1n) is 7.28. The lowest BCUT2D eigenvalue weighted by Gasteiger charge is -2.36. The van der Waals surface area contributed by atoms with Crippen LogP contribution >= 0.6 is 0 Å². The molecule has 124 valence electrons. The van der Waals surface area contributed by atoms with Crippen LogP contribution in [0.2, 0.25) is 25.7 Å². The van der Waals surface area contributed by atoms with Crippen LogP contribution in [0.4, 0.5) is 0 Å². The zero-order valence-electron chi connectivity index (χ0n) is 14.2. The lowest BCUT2D eigenvalue weighted by atomic mass is 9.95. The van der Waals surface area contributed by atoms with Gasteiger partial charge in [-0.1, -0.05) is 40.4 Å². The van der Waals surface area contributed by atoms with Gasteiger partial charge in [0.2, 0.25) is 16.3 Å². The van der Waals surface area contributed by atoms with Crippen molar-refractivity contribution in [1.82, 2.24) is 4.72 Å². The maximum absolute atomic E-state index is 12.2. The normalized spacial score (nSPS) is 24.4. The number of ether oxygens (including phenoxy) is 2. The van der Waals surface area contributed by atoms with Gasteiger partial charge in [-0.15, -0.1) is 0 Å². The summed E-state index contributed by atoms with van der Waals surface area (Å²) in [6.07, 6.45) is 0.478. The second-order valence-corrected chi connectivity index (χ2v) is 15.5. The fourth-order valence-electron chi connectivity index (χ4n) is 1.69. The maximum atomic E-state index is 12.2. The van der Waals surface area contributed by atoms with Crippen LogP contribution in [0.3, 0.4) is 0 Å². The van der Waals surface area contributed by atoms with E-state index in [2.05, 4.69) is 24.4 Å². The molecule has 0 saturated carbocycles. The molecule has 0 amide bonds. The molecule has 0 unspecified atom stereocenters. The SMILES string of the molecule is CC1=CO[C@@H](C(C)(C)C)O[C@@H]1NS(=O)(=O)CC[Si](C)(C)C. The summed E-state index contributed by atoms with van der Waals surface area (Å²) in [5, 5.41) is 0. The van der Waals surface area contributed by atoms with Gasteiger partial charge in [0.15, 0.2) is 0 Å². The van der Waals surface area contributed by atoms with Gasteiger partial charge >= 0.3 is 0 Å². The Morgan fingerprint density at radius 3 is 2.33 bits per heavy atom. The minimum Gasteiger partial charge on any atom is -0.472 e. The predicted octanol–water partition coefficient (Wildman–Crippen LogP) is 2.89. The summed E-state index contributed by atoms with van der Waals surface area (Å²) < 4.78 is 38.3. The second-order valence-electron chi connectivity index (χ2n) is 7.96. The molecule has 0 spiro atoms. The molecule has 1 rings (SSSR count). The van der Waals surface area contributed by atoms with Crippen molar-refractivity contribution in [3.63, 3.8) is 0 Å². The molecular formula is C14H29NO4SSi. The molecule has 0 aromatic heterocycles. The first-order chi connectivity index (χ1) is 9.30. The predicted molar refractivity (Wildman–Crippen MR) is 88.0 cm³/mol. The molecule has 0 aliphatic carbocycles. The van der Waals surface area contributed by atoms with E-state index >= 15 is 0 Å². The quantitative estimate of drug-likeness (QED) is 0.785. The molecule has 0 bridgehead atoms. The summed E-state index contributed by atoms with van der Waals surface area (Å²) in [6, 6.07) is 0.733. The molecule has 0 aromatic rings. The van der Waals surface area contributed by atoms with Crippen LogP contribution in [-0.4, -0.2) is 34.8 Å². The van der Waals surface area contributed by atoms with E-state index in [0.717, 1.165) is 11.6 Å². The van der Waals surface area contributed by atoms with E-state index in [1.165, 1.54) is 0 Å². The topological polar surface area (TPSA) is 64.6 Å². The van der Waals surface area contributed by atoms with Crippen molar-refractivity contribution in [2.24, 2.45) is 5.41 Å². The summed E-state index contributed by atoms with van der Waals surface area (Å²) in [5.41, 5.74) is 0.506. The van der Waals surface area contributed by atoms with Crippen molar-refractivity contribution in [2.75, 3.05) is 5.75 Å². The van der Waals surface area contributed by atoms with Gasteiger partial charge in [0.25, 0.3) is 0 Å². The summed E-state index contributed by atoms with van der Waals surface area (Å²) in [7, 11) is -4.75. The Labute approximate surface area is 130 Å². The average Bonchev–Trinajstić information content (AvgIpc) is 2.27. The third-order valence-electron chi connectivity index (χ3n) is 3.17. The Bertz CT molecular complexity index is 488. The lowest BCUT2D eigenvalue weighted by Crippen LogP contribution is -2.47. The van der Waals surface area contributed by atoms with Crippen molar-refractivity contribution >= 4 is 18.1 Å². The largest absolute Gasteiger partial charge is 0.472 e. The first kappa shape index (κ1) is 18.7. The minimum atomic E-state index is -3.35. The zero-order valence-corrected chi connectivity index (χ0v) is 16.0. The summed E-state index contributed by atoms with van der Waals surface area (Å²) in [5.74, 6) is 0.150. The molecule has 2 atom stereocenters. The Morgan fingerprint density at radius 1 is 1.29 bits per heavy atom. The Balaban J connectivity index is 2.72. The highest BCUT2D eigenvalue weighted by atomic mass is 32.2. The molecular weight excluding hydrogens is 306 g/mol. The van der Waals surface area contributed by atoms with E-state index in [0.29, 0.717) is 0 Å². The van der Waals surface area contributed by atoms with Crippen LogP contribution < -0.4 is 4.72 Å². The third kappa shape index (κ3) is 6.50. The molecule has 7 heteroatoms. The van der Waals surface area contributed by atoms with Crippen LogP contribution in [0, 0.1) is 5.41 Å².